The Labute approximate surface area is 214 Å². The van der Waals surface area contributed by atoms with Crippen LogP contribution in [0.5, 0.6) is 5.75 Å². The summed E-state index contributed by atoms with van der Waals surface area (Å²) < 4.78 is 26.5. The van der Waals surface area contributed by atoms with Crippen LogP contribution >= 0.6 is 47.8 Å². The van der Waals surface area contributed by atoms with Crippen LogP contribution in [0.15, 0.2) is 85.4 Å². The number of rotatable bonds is 5. The second kappa shape index (κ2) is 9.75. The molecule has 0 atom stereocenters. The first-order valence-electron chi connectivity index (χ1n) is 9.56. The zero-order chi connectivity index (χ0) is 23.7. The van der Waals surface area contributed by atoms with Gasteiger partial charge in [0.05, 0.1) is 16.1 Å². The van der Waals surface area contributed by atoms with E-state index in [0.717, 1.165) is 4.47 Å². The van der Waals surface area contributed by atoms with E-state index in [1.807, 2.05) is 0 Å². The van der Waals surface area contributed by atoms with Crippen molar-refractivity contribution in [3.63, 3.8) is 0 Å². The van der Waals surface area contributed by atoms with E-state index in [1.54, 1.807) is 54.6 Å². The van der Waals surface area contributed by atoms with Crippen molar-refractivity contribution in [2.75, 3.05) is 7.11 Å². The van der Waals surface area contributed by atoms with Crippen molar-refractivity contribution in [2.24, 2.45) is 0 Å². The maximum absolute atomic E-state index is 13.7. The van der Waals surface area contributed by atoms with Gasteiger partial charge in [-0.3, -0.25) is 4.79 Å². The number of hydrogen-bond acceptors (Lipinski definition) is 4. The van der Waals surface area contributed by atoms with Crippen molar-refractivity contribution < 1.29 is 23.5 Å². The Hall–Kier alpha value is -2.55. The fourth-order valence-electron chi connectivity index (χ4n) is 3.42. The number of methoxy groups -OCH3 is 1. The fraction of sp³-hybridized carbons (Fsp3) is 0.0400. The van der Waals surface area contributed by atoms with Gasteiger partial charge in [0.25, 0.3) is 0 Å². The van der Waals surface area contributed by atoms with Crippen molar-refractivity contribution in [1.82, 2.24) is 0 Å². The number of halogens is 4. The van der Waals surface area contributed by atoms with Crippen molar-refractivity contribution in [1.29, 1.82) is 0 Å². The monoisotopic (exact) mass is 634 g/mol. The first-order chi connectivity index (χ1) is 15.8. The summed E-state index contributed by atoms with van der Waals surface area (Å²) in [4.78, 5) is 26.5. The minimum absolute atomic E-state index is 0.107. The lowest BCUT2D eigenvalue weighted by molar-refractivity contribution is -0.132. The van der Waals surface area contributed by atoms with Crippen LogP contribution in [0.3, 0.4) is 0 Å². The Morgan fingerprint density at radius 2 is 1.67 bits per heavy atom. The second-order valence-electron chi connectivity index (χ2n) is 7.01. The molecule has 0 aliphatic carbocycles. The summed E-state index contributed by atoms with van der Waals surface area (Å²) in [7, 11) is 1.51. The van der Waals surface area contributed by atoms with E-state index in [9.17, 15) is 14.0 Å². The van der Waals surface area contributed by atoms with E-state index in [4.69, 9.17) is 9.47 Å². The highest BCUT2D eigenvalue weighted by atomic mass is 79.9. The van der Waals surface area contributed by atoms with Gasteiger partial charge in [-0.1, -0.05) is 40.2 Å². The van der Waals surface area contributed by atoms with E-state index in [2.05, 4.69) is 47.8 Å². The van der Waals surface area contributed by atoms with Crippen LogP contribution in [-0.2, 0) is 9.53 Å². The number of cyclic esters (lactones) is 1. The molecule has 0 spiro atoms. The van der Waals surface area contributed by atoms with Gasteiger partial charge in [0, 0.05) is 15.6 Å². The summed E-state index contributed by atoms with van der Waals surface area (Å²) in [6, 6.07) is 16.2. The number of esters is 1. The number of carbonyl (C=O) groups is 2. The van der Waals surface area contributed by atoms with Crippen LogP contribution in [0.4, 0.5) is 4.39 Å². The van der Waals surface area contributed by atoms with Crippen LogP contribution in [0.2, 0.25) is 0 Å². The summed E-state index contributed by atoms with van der Waals surface area (Å²) in [6.45, 7) is 0. The van der Waals surface area contributed by atoms with Gasteiger partial charge in [0.2, 0.25) is 5.78 Å². The standard InChI is InChI=1S/C25H14Br3FO4/c1-32-24-18(27)11-15(12-19(24)28)23(30)22-21(14-5-7-16(26)8-6-14)20(33-25(22)31)10-13-3-2-4-17(29)9-13/h2-12H,1H3/b20-10-. The largest absolute Gasteiger partial charge is 0.494 e. The normalized spacial score (nSPS) is 14.6. The Morgan fingerprint density at radius 3 is 2.27 bits per heavy atom. The Bertz CT molecular complexity index is 1320. The number of hydrogen-bond donors (Lipinski definition) is 0. The molecule has 3 aromatic carbocycles. The number of Topliss-reactive ketones (excluding diaryl/α,β-unsaturated/α-hetero) is 1. The highest BCUT2D eigenvalue weighted by Gasteiger charge is 2.36. The molecule has 1 heterocycles. The highest BCUT2D eigenvalue weighted by molar-refractivity contribution is 9.11. The van der Waals surface area contributed by atoms with Gasteiger partial charge in [0.1, 0.15) is 22.9 Å². The zero-order valence-corrected chi connectivity index (χ0v) is 21.8. The summed E-state index contributed by atoms with van der Waals surface area (Å²) in [5.41, 5.74) is 1.61. The molecule has 0 saturated carbocycles. The highest BCUT2D eigenvalue weighted by Crippen LogP contribution is 2.40. The molecule has 0 radical (unpaired) electrons. The molecule has 0 aromatic heterocycles. The van der Waals surface area contributed by atoms with E-state index < -0.39 is 17.6 Å². The minimum Gasteiger partial charge on any atom is -0.494 e. The first kappa shape index (κ1) is 23.6. The van der Waals surface area contributed by atoms with Crippen molar-refractivity contribution in [3.8, 4) is 5.75 Å². The van der Waals surface area contributed by atoms with Crippen molar-refractivity contribution in [3.05, 3.63) is 108 Å². The number of carbonyl (C=O) groups excluding carboxylic acids is 2. The molecular formula is C25H14Br3FO4. The van der Waals surface area contributed by atoms with Gasteiger partial charge >= 0.3 is 5.97 Å². The molecule has 4 rings (SSSR count). The van der Waals surface area contributed by atoms with Crippen LogP contribution in [0.25, 0.3) is 11.6 Å². The molecule has 8 heteroatoms. The summed E-state index contributed by atoms with van der Waals surface area (Å²) in [5, 5.41) is 0. The van der Waals surface area contributed by atoms with Crippen LogP contribution in [0.1, 0.15) is 21.5 Å². The maximum Gasteiger partial charge on any atom is 0.348 e. The fourth-order valence-corrected chi connectivity index (χ4v) is 5.19. The molecule has 0 bridgehead atoms. The Kier molecular flexibility index (Phi) is 6.97. The quantitative estimate of drug-likeness (QED) is 0.167. The van der Waals surface area contributed by atoms with E-state index >= 15 is 0 Å². The first-order valence-corrected chi connectivity index (χ1v) is 11.9. The summed E-state index contributed by atoms with van der Waals surface area (Å²) in [6.07, 6.45) is 1.54. The molecule has 33 heavy (non-hydrogen) atoms. The zero-order valence-electron chi connectivity index (χ0n) is 17.0. The summed E-state index contributed by atoms with van der Waals surface area (Å²) in [5.74, 6) is -1.02. The third-order valence-corrected chi connectivity index (χ3v) is 6.58. The lowest BCUT2D eigenvalue weighted by atomic mass is 9.93. The van der Waals surface area contributed by atoms with Gasteiger partial charge in [-0.05, 0) is 85.5 Å². The predicted octanol–water partition coefficient (Wildman–Crippen LogP) is 7.36. The van der Waals surface area contributed by atoms with Gasteiger partial charge in [-0.15, -0.1) is 0 Å². The number of allylic oxidation sites excluding steroid dienone is 1. The number of ether oxygens (including phenoxy) is 2. The second-order valence-corrected chi connectivity index (χ2v) is 9.64. The average molecular weight is 637 g/mol. The molecule has 0 unspecified atom stereocenters. The van der Waals surface area contributed by atoms with Gasteiger partial charge < -0.3 is 9.47 Å². The molecule has 0 saturated heterocycles. The van der Waals surface area contributed by atoms with E-state index in [0.29, 0.717) is 31.4 Å². The maximum atomic E-state index is 13.7. The molecule has 166 valence electrons. The molecule has 0 amide bonds. The van der Waals surface area contributed by atoms with Crippen LogP contribution < -0.4 is 4.74 Å². The molecule has 0 fully saturated rings. The number of ketones is 1. The lowest BCUT2D eigenvalue weighted by Gasteiger charge is -2.09. The van der Waals surface area contributed by atoms with Crippen molar-refractivity contribution >= 4 is 71.2 Å². The van der Waals surface area contributed by atoms with Crippen LogP contribution in [0, 0.1) is 5.82 Å². The molecule has 0 N–H and O–H groups in total. The van der Waals surface area contributed by atoms with Gasteiger partial charge in [-0.25, -0.2) is 9.18 Å². The molecule has 1 aliphatic heterocycles. The molecule has 4 nitrogen and oxygen atoms in total. The Morgan fingerprint density at radius 1 is 1.00 bits per heavy atom. The average Bonchev–Trinajstić information content (AvgIpc) is 3.09. The lowest BCUT2D eigenvalue weighted by Crippen LogP contribution is -2.11. The molecule has 3 aromatic rings. The molecular weight excluding hydrogens is 623 g/mol. The van der Waals surface area contributed by atoms with Gasteiger partial charge in [-0.2, -0.15) is 0 Å². The van der Waals surface area contributed by atoms with Crippen LogP contribution in [-0.4, -0.2) is 18.9 Å². The smallest absolute Gasteiger partial charge is 0.348 e. The van der Waals surface area contributed by atoms with E-state index in [1.165, 1.54) is 19.2 Å². The van der Waals surface area contributed by atoms with Crippen molar-refractivity contribution in [2.45, 2.75) is 0 Å². The predicted molar refractivity (Wildman–Crippen MR) is 134 cm³/mol. The van der Waals surface area contributed by atoms with Gasteiger partial charge in [0.15, 0.2) is 0 Å². The molecule has 1 aliphatic rings. The third-order valence-electron chi connectivity index (χ3n) is 4.87. The SMILES string of the molecule is COc1c(Br)cc(C(=O)C2=C(c3ccc(Br)cc3)/C(=C/c3cccc(F)c3)OC2=O)cc1Br. The topological polar surface area (TPSA) is 52.6 Å². The third kappa shape index (κ3) is 4.88. The Balaban J connectivity index is 1.91. The number of benzene rings is 3. The summed E-state index contributed by atoms with van der Waals surface area (Å²) >= 11 is 10.2. The minimum atomic E-state index is -0.774. The van der Waals surface area contributed by atoms with E-state index in [-0.39, 0.29) is 16.9 Å².